The van der Waals surface area contributed by atoms with Crippen LogP contribution in [0, 0.1) is 12.8 Å². The molecule has 1 aliphatic rings. The van der Waals surface area contributed by atoms with Crippen LogP contribution in [0.4, 0.5) is 5.82 Å². The van der Waals surface area contributed by atoms with E-state index in [1.165, 1.54) is 22.0 Å². The third-order valence-corrected chi connectivity index (χ3v) is 3.90. The molecule has 6 heteroatoms. The predicted octanol–water partition coefficient (Wildman–Crippen LogP) is 2.02. The van der Waals surface area contributed by atoms with Gasteiger partial charge in [-0.15, -0.1) is 0 Å². The predicted molar refractivity (Wildman–Crippen MR) is 80.5 cm³/mol. The third-order valence-electron chi connectivity index (χ3n) is 3.90. The number of carboxylic acids is 1. The van der Waals surface area contributed by atoms with Gasteiger partial charge in [0.1, 0.15) is 6.54 Å². The largest absolute Gasteiger partial charge is 0.480 e. The standard InChI is InChI=1S/C16H17N3O3/c1-10-4-2-3-5-11(10)12-8-13(12)16(22)17-14-6-7-19(18-14)9-15(20)21/h2-7,12-13H,8-9H2,1H3,(H,20,21)(H,17,18,22). The zero-order valence-corrected chi connectivity index (χ0v) is 12.2. The van der Waals surface area contributed by atoms with Crippen molar-refractivity contribution in [1.82, 2.24) is 9.78 Å². The van der Waals surface area contributed by atoms with Crippen LogP contribution in [-0.2, 0) is 16.1 Å². The Balaban J connectivity index is 1.61. The van der Waals surface area contributed by atoms with Crippen molar-refractivity contribution in [3.05, 3.63) is 47.7 Å². The SMILES string of the molecule is Cc1ccccc1C1CC1C(=O)Nc1ccn(CC(=O)O)n1. The molecular formula is C16H17N3O3. The summed E-state index contributed by atoms with van der Waals surface area (Å²) >= 11 is 0. The Kier molecular flexibility index (Phi) is 3.66. The van der Waals surface area contributed by atoms with Gasteiger partial charge in [0.05, 0.1) is 0 Å². The highest BCUT2D eigenvalue weighted by Gasteiger charge is 2.44. The number of aromatic nitrogens is 2. The van der Waals surface area contributed by atoms with Crippen LogP contribution in [0.3, 0.4) is 0 Å². The number of carboxylic acid groups (broad SMARTS) is 1. The summed E-state index contributed by atoms with van der Waals surface area (Å²) in [5.41, 5.74) is 2.42. The fourth-order valence-corrected chi connectivity index (χ4v) is 2.71. The van der Waals surface area contributed by atoms with Crippen LogP contribution < -0.4 is 5.32 Å². The first-order valence-corrected chi connectivity index (χ1v) is 7.16. The number of hydrogen-bond acceptors (Lipinski definition) is 3. The lowest BCUT2D eigenvalue weighted by atomic mass is 10.0. The number of nitrogens with zero attached hydrogens (tertiary/aromatic N) is 2. The first kappa shape index (κ1) is 14.3. The second-order valence-corrected chi connectivity index (χ2v) is 5.59. The molecule has 6 nitrogen and oxygen atoms in total. The number of hydrogen-bond donors (Lipinski definition) is 2. The normalized spacial score (nSPS) is 19.7. The summed E-state index contributed by atoms with van der Waals surface area (Å²) in [4.78, 5) is 22.8. The van der Waals surface area contributed by atoms with Crippen molar-refractivity contribution in [3.63, 3.8) is 0 Å². The maximum absolute atomic E-state index is 12.2. The lowest BCUT2D eigenvalue weighted by Gasteiger charge is -2.05. The molecule has 1 heterocycles. The zero-order valence-electron chi connectivity index (χ0n) is 12.2. The number of anilines is 1. The van der Waals surface area contributed by atoms with Crippen LogP contribution in [0.25, 0.3) is 0 Å². The van der Waals surface area contributed by atoms with Crippen LogP contribution in [-0.4, -0.2) is 26.8 Å². The molecule has 2 unspecified atom stereocenters. The van der Waals surface area contributed by atoms with Crippen LogP contribution in [0.5, 0.6) is 0 Å². The molecule has 0 aliphatic heterocycles. The third kappa shape index (κ3) is 3.00. The van der Waals surface area contributed by atoms with Gasteiger partial charge < -0.3 is 10.4 Å². The molecule has 0 spiro atoms. The lowest BCUT2D eigenvalue weighted by Crippen LogP contribution is -2.16. The summed E-state index contributed by atoms with van der Waals surface area (Å²) in [6.45, 7) is 1.83. The Bertz CT molecular complexity index is 723. The number of aliphatic carboxylic acids is 1. The molecule has 22 heavy (non-hydrogen) atoms. The maximum Gasteiger partial charge on any atom is 0.325 e. The monoisotopic (exact) mass is 299 g/mol. The molecule has 1 amide bonds. The molecular weight excluding hydrogens is 282 g/mol. The smallest absolute Gasteiger partial charge is 0.325 e. The van der Waals surface area contributed by atoms with Gasteiger partial charge >= 0.3 is 5.97 Å². The summed E-state index contributed by atoms with van der Waals surface area (Å²) in [7, 11) is 0. The van der Waals surface area contributed by atoms with E-state index in [-0.39, 0.29) is 24.3 Å². The number of amides is 1. The Morgan fingerprint density at radius 1 is 1.36 bits per heavy atom. The van der Waals surface area contributed by atoms with E-state index in [9.17, 15) is 9.59 Å². The van der Waals surface area contributed by atoms with E-state index in [0.717, 1.165) is 6.42 Å². The Morgan fingerprint density at radius 3 is 2.86 bits per heavy atom. The minimum atomic E-state index is -0.970. The second kappa shape index (κ2) is 5.63. The molecule has 2 N–H and O–H groups in total. The van der Waals surface area contributed by atoms with Gasteiger partial charge in [0.15, 0.2) is 5.82 Å². The van der Waals surface area contributed by atoms with Crippen molar-refractivity contribution < 1.29 is 14.7 Å². The van der Waals surface area contributed by atoms with Gasteiger partial charge in [0.2, 0.25) is 5.91 Å². The van der Waals surface area contributed by atoms with Gasteiger partial charge in [-0.25, -0.2) is 0 Å². The number of aryl methyl sites for hydroxylation is 1. The first-order chi connectivity index (χ1) is 10.5. The number of carbonyl (C=O) groups excluding carboxylic acids is 1. The highest BCUT2D eigenvalue weighted by molar-refractivity contribution is 5.94. The highest BCUT2D eigenvalue weighted by atomic mass is 16.4. The quantitative estimate of drug-likeness (QED) is 0.884. The topological polar surface area (TPSA) is 84.2 Å². The molecule has 114 valence electrons. The van der Waals surface area contributed by atoms with Gasteiger partial charge in [-0.3, -0.25) is 14.3 Å². The molecule has 2 atom stereocenters. The average molecular weight is 299 g/mol. The molecule has 3 rings (SSSR count). The Hall–Kier alpha value is -2.63. The Morgan fingerprint density at radius 2 is 2.14 bits per heavy atom. The van der Waals surface area contributed by atoms with Crippen LogP contribution in [0.1, 0.15) is 23.5 Å². The summed E-state index contributed by atoms with van der Waals surface area (Å²) in [5, 5.41) is 15.5. The van der Waals surface area contributed by atoms with E-state index < -0.39 is 5.97 Å². The van der Waals surface area contributed by atoms with Crippen molar-refractivity contribution in [3.8, 4) is 0 Å². The van der Waals surface area contributed by atoms with E-state index >= 15 is 0 Å². The number of rotatable bonds is 5. The summed E-state index contributed by atoms with van der Waals surface area (Å²) in [6.07, 6.45) is 2.38. The van der Waals surface area contributed by atoms with E-state index in [1.807, 2.05) is 12.1 Å². The zero-order chi connectivity index (χ0) is 15.7. The number of nitrogens with one attached hydrogen (secondary N) is 1. The van der Waals surface area contributed by atoms with Crippen molar-refractivity contribution in [2.75, 3.05) is 5.32 Å². The molecule has 0 bridgehead atoms. The summed E-state index contributed by atoms with van der Waals surface area (Å²) < 4.78 is 1.28. The van der Waals surface area contributed by atoms with Gasteiger partial charge in [0, 0.05) is 18.2 Å². The van der Waals surface area contributed by atoms with Crippen LogP contribution in [0.2, 0.25) is 0 Å². The molecule has 1 aliphatic carbocycles. The molecule has 1 saturated carbocycles. The fraction of sp³-hybridized carbons (Fsp3) is 0.312. The minimum Gasteiger partial charge on any atom is -0.480 e. The fourth-order valence-electron chi connectivity index (χ4n) is 2.71. The van der Waals surface area contributed by atoms with Crippen LogP contribution >= 0.6 is 0 Å². The molecule has 2 aromatic rings. The van der Waals surface area contributed by atoms with E-state index in [4.69, 9.17) is 5.11 Å². The van der Waals surface area contributed by atoms with Crippen molar-refractivity contribution in [1.29, 1.82) is 0 Å². The van der Waals surface area contributed by atoms with Gasteiger partial charge in [-0.05, 0) is 30.4 Å². The van der Waals surface area contributed by atoms with E-state index in [1.54, 1.807) is 6.07 Å². The first-order valence-electron chi connectivity index (χ1n) is 7.16. The Labute approximate surface area is 127 Å². The number of carbonyl (C=O) groups is 2. The van der Waals surface area contributed by atoms with Crippen molar-refractivity contribution in [2.45, 2.75) is 25.8 Å². The van der Waals surface area contributed by atoms with E-state index in [0.29, 0.717) is 5.82 Å². The minimum absolute atomic E-state index is 0.0364. The van der Waals surface area contributed by atoms with Gasteiger partial charge in [0.25, 0.3) is 0 Å². The lowest BCUT2D eigenvalue weighted by molar-refractivity contribution is -0.137. The maximum atomic E-state index is 12.2. The van der Waals surface area contributed by atoms with Gasteiger partial charge in [-0.2, -0.15) is 5.10 Å². The number of benzene rings is 1. The molecule has 0 radical (unpaired) electrons. The van der Waals surface area contributed by atoms with Crippen LogP contribution in [0.15, 0.2) is 36.5 Å². The second-order valence-electron chi connectivity index (χ2n) is 5.59. The van der Waals surface area contributed by atoms with Crippen molar-refractivity contribution >= 4 is 17.7 Å². The average Bonchev–Trinajstić information content (AvgIpc) is 3.14. The summed E-state index contributed by atoms with van der Waals surface area (Å²) in [6, 6.07) is 9.70. The molecule has 0 saturated heterocycles. The van der Waals surface area contributed by atoms with Crippen molar-refractivity contribution in [2.24, 2.45) is 5.92 Å². The molecule has 1 fully saturated rings. The molecule has 1 aromatic heterocycles. The molecule has 1 aromatic carbocycles. The highest BCUT2D eigenvalue weighted by Crippen LogP contribution is 2.48. The van der Waals surface area contributed by atoms with Gasteiger partial charge in [-0.1, -0.05) is 24.3 Å². The summed E-state index contributed by atoms with van der Waals surface area (Å²) in [5.74, 6) is -0.411. The van der Waals surface area contributed by atoms with E-state index in [2.05, 4.69) is 29.5 Å².